The summed E-state index contributed by atoms with van der Waals surface area (Å²) in [6, 6.07) is 13.6. The molecule has 0 radical (unpaired) electrons. The van der Waals surface area contributed by atoms with Crippen molar-refractivity contribution in [1.29, 1.82) is 0 Å². The summed E-state index contributed by atoms with van der Waals surface area (Å²) >= 11 is 0. The zero-order valence-electron chi connectivity index (χ0n) is 14.9. The van der Waals surface area contributed by atoms with Crippen LogP contribution in [-0.2, 0) is 16.0 Å². The lowest BCUT2D eigenvalue weighted by atomic mass is 10.1. The maximum absolute atomic E-state index is 12.6. The number of ether oxygens (including phenoxy) is 1. The second-order valence-corrected chi connectivity index (χ2v) is 6.47. The zero-order chi connectivity index (χ0) is 20.1. The Morgan fingerprint density at radius 1 is 1.11 bits per heavy atom. The van der Waals surface area contributed by atoms with Crippen molar-refractivity contribution in [2.24, 2.45) is 0 Å². The van der Waals surface area contributed by atoms with E-state index in [1.165, 1.54) is 17.0 Å². The van der Waals surface area contributed by atoms with E-state index in [4.69, 9.17) is 0 Å². The molecule has 1 atom stereocenters. The third-order valence-electron chi connectivity index (χ3n) is 4.41. The highest BCUT2D eigenvalue weighted by molar-refractivity contribution is 5.97. The Morgan fingerprint density at radius 2 is 1.86 bits per heavy atom. The lowest BCUT2D eigenvalue weighted by molar-refractivity contribution is -0.274. The molecule has 2 aromatic carbocycles. The SMILES string of the molecule is O=C(Nc1cccc(OC(F)(F)F)c1)C1CCCN1C(=O)Cc1ccccc1. The number of nitrogens with one attached hydrogen (secondary N) is 1. The van der Waals surface area contributed by atoms with Crippen molar-refractivity contribution in [2.45, 2.75) is 31.7 Å². The van der Waals surface area contributed by atoms with Crippen molar-refractivity contribution in [1.82, 2.24) is 4.90 Å². The summed E-state index contributed by atoms with van der Waals surface area (Å²) in [5.74, 6) is -1.00. The molecule has 1 fully saturated rings. The van der Waals surface area contributed by atoms with Gasteiger partial charge in [0.05, 0.1) is 6.42 Å². The van der Waals surface area contributed by atoms with E-state index in [1.54, 1.807) is 0 Å². The van der Waals surface area contributed by atoms with Crippen LogP contribution in [0, 0.1) is 0 Å². The summed E-state index contributed by atoms with van der Waals surface area (Å²) in [6.07, 6.45) is -3.42. The van der Waals surface area contributed by atoms with Gasteiger partial charge < -0.3 is 15.0 Å². The number of alkyl halides is 3. The molecule has 1 aliphatic heterocycles. The smallest absolute Gasteiger partial charge is 0.406 e. The number of amides is 2. The molecule has 5 nitrogen and oxygen atoms in total. The molecule has 1 heterocycles. The summed E-state index contributed by atoms with van der Waals surface area (Å²) in [7, 11) is 0. The van der Waals surface area contributed by atoms with Gasteiger partial charge in [-0.3, -0.25) is 9.59 Å². The predicted molar refractivity (Wildman–Crippen MR) is 96.6 cm³/mol. The van der Waals surface area contributed by atoms with Gasteiger partial charge in [-0.2, -0.15) is 0 Å². The number of halogens is 3. The number of hydrogen-bond acceptors (Lipinski definition) is 3. The van der Waals surface area contributed by atoms with Crippen molar-refractivity contribution in [2.75, 3.05) is 11.9 Å². The average Bonchev–Trinajstić information content (AvgIpc) is 3.11. The standard InChI is InChI=1S/C20H19F3N2O3/c21-20(22,23)28-16-9-4-8-15(13-16)24-19(27)17-10-5-11-25(17)18(26)12-14-6-2-1-3-7-14/h1-4,6-9,13,17H,5,10-12H2,(H,24,27). The van der Waals surface area contributed by atoms with Gasteiger partial charge in [-0.25, -0.2) is 0 Å². The molecule has 0 spiro atoms. The van der Waals surface area contributed by atoms with E-state index >= 15 is 0 Å². The van der Waals surface area contributed by atoms with Crippen LogP contribution in [-0.4, -0.2) is 35.7 Å². The third-order valence-corrected chi connectivity index (χ3v) is 4.41. The highest BCUT2D eigenvalue weighted by atomic mass is 19.4. The fourth-order valence-electron chi connectivity index (χ4n) is 3.21. The zero-order valence-corrected chi connectivity index (χ0v) is 14.9. The summed E-state index contributed by atoms with van der Waals surface area (Å²) in [5.41, 5.74) is 1.03. The van der Waals surface area contributed by atoms with Crippen LogP contribution in [0.5, 0.6) is 5.75 Å². The van der Waals surface area contributed by atoms with E-state index in [9.17, 15) is 22.8 Å². The van der Waals surface area contributed by atoms with Crippen LogP contribution in [0.2, 0.25) is 0 Å². The molecule has 0 saturated carbocycles. The molecule has 2 aromatic rings. The molecule has 0 aliphatic carbocycles. The van der Waals surface area contributed by atoms with E-state index in [1.807, 2.05) is 30.3 Å². The second kappa shape index (κ2) is 8.33. The molecule has 28 heavy (non-hydrogen) atoms. The summed E-state index contributed by atoms with van der Waals surface area (Å²) in [6.45, 7) is 0.473. The highest BCUT2D eigenvalue weighted by Crippen LogP contribution is 2.26. The van der Waals surface area contributed by atoms with Gasteiger partial charge >= 0.3 is 6.36 Å². The molecule has 8 heteroatoms. The quantitative estimate of drug-likeness (QED) is 0.843. The number of benzene rings is 2. The Kier molecular flexibility index (Phi) is 5.87. The fourth-order valence-corrected chi connectivity index (χ4v) is 3.21. The van der Waals surface area contributed by atoms with Gasteiger partial charge in [-0.15, -0.1) is 13.2 Å². The maximum Gasteiger partial charge on any atom is 0.573 e. The molecule has 1 saturated heterocycles. The second-order valence-electron chi connectivity index (χ2n) is 6.47. The lowest BCUT2D eigenvalue weighted by Crippen LogP contribution is -2.43. The van der Waals surface area contributed by atoms with Crippen LogP contribution in [0.15, 0.2) is 54.6 Å². The molecule has 0 aromatic heterocycles. The molecule has 0 bridgehead atoms. The molecule has 148 valence electrons. The van der Waals surface area contributed by atoms with E-state index in [-0.39, 0.29) is 18.0 Å². The number of rotatable bonds is 5. The van der Waals surface area contributed by atoms with Crippen molar-refractivity contribution in [3.8, 4) is 5.75 Å². The predicted octanol–water partition coefficient (Wildman–Crippen LogP) is 3.76. The normalized spacial score (nSPS) is 16.7. The van der Waals surface area contributed by atoms with Gasteiger partial charge in [0.15, 0.2) is 0 Å². The van der Waals surface area contributed by atoms with Gasteiger partial charge in [-0.05, 0) is 30.5 Å². The molecular weight excluding hydrogens is 373 g/mol. The van der Waals surface area contributed by atoms with Crippen LogP contribution in [0.25, 0.3) is 0 Å². The summed E-state index contributed by atoms with van der Waals surface area (Å²) < 4.78 is 40.9. The summed E-state index contributed by atoms with van der Waals surface area (Å²) in [5, 5.41) is 2.58. The van der Waals surface area contributed by atoms with Crippen molar-refractivity contribution in [3.05, 3.63) is 60.2 Å². The third kappa shape index (κ3) is 5.25. The molecule has 2 amide bonds. The van der Waals surface area contributed by atoms with Gasteiger partial charge in [0.2, 0.25) is 11.8 Å². The molecule has 1 N–H and O–H groups in total. The Morgan fingerprint density at radius 3 is 2.57 bits per heavy atom. The minimum atomic E-state index is -4.81. The molecule has 1 aliphatic rings. The Bertz CT molecular complexity index is 840. The van der Waals surface area contributed by atoms with Crippen molar-refractivity contribution in [3.63, 3.8) is 0 Å². The first-order valence-electron chi connectivity index (χ1n) is 8.82. The van der Waals surface area contributed by atoms with Crippen LogP contribution < -0.4 is 10.1 Å². The highest BCUT2D eigenvalue weighted by Gasteiger charge is 2.34. The fraction of sp³-hybridized carbons (Fsp3) is 0.300. The average molecular weight is 392 g/mol. The minimum absolute atomic E-state index is 0.155. The number of likely N-dealkylation sites (tertiary alicyclic amines) is 1. The lowest BCUT2D eigenvalue weighted by Gasteiger charge is -2.24. The number of hydrogen-bond donors (Lipinski definition) is 1. The Labute approximate surface area is 160 Å². The van der Waals surface area contributed by atoms with Gasteiger partial charge in [-0.1, -0.05) is 36.4 Å². The van der Waals surface area contributed by atoms with Crippen LogP contribution in [0.4, 0.5) is 18.9 Å². The molecule has 3 rings (SSSR count). The van der Waals surface area contributed by atoms with E-state index in [0.717, 1.165) is 17.7 Å². The number of anilines is 1. The molecular formula is C20H19F3N2O3. The van der Waals surface area contributed by atoms with Crippen LogP contribution in [0.3, 0.4) is 0 Å². The van der Waals surface area contributed by atoms with Crippen molar-refractivity contribution < 1.29 is 27.5 Å². The first-order chi connectivity index (χ1) is 13.3. The van der Waals surface area contributed by atoms with E-state index in [0.29, 0.717) is 19.4 Å². The molecule has 1 unspecified atom stereocenters. The first-order valence-corrected chi connectivity index (χ1v) is 8.82. The maximum atomic E-state index is 12.6. The largest absolute Gasteiger partial charge is 0.573 e. The number of carbonyl (C=O) groups is 2. The topological polar surface area (TPSA) is 58.6 Å². The van der Waals surface area contributed by atoms with Gasteiger partial charge in [0, 0.05) is 18.3 Å². The van der Waals surface area contributed by atoms with E-state index < -0.39 is 24.1 Å². The number of nitrogens with zero attached hydrogens (tertiary/aromatic N) is 1. The number of carbonyl (C=O) groups excluding carboxylic acids is 2. The monoisotopic (exact) mass is 392 g/mol. The Balaban J connectivity index is 1.65. The van der Waals surface area contributed by atoms with Crippen LogP contribution in [0.1, 0.15) is 18.4 Å². The van der Waals surface area contributed by atoms with Gasteiger partial charge in [0.25, 0.3) is 0 Å². The minimum Gasteiger partial charge on any atom is -0.406 e. The van der Waals surface area contributed by atoms with Crippen LogP contribution >= 0.6 is 0 Å². The Hall–Kier alpha value is -3.03. The first kappa shape index (κ1) is 19.7. The van der Waals surface area contributed by atoms with E-state index in [2.05, 4.69) is 10.1 Å². The van der Waals surface area contributed by atoms with Crippen molar-refractivity contribution >= 4 is 17.5 Å². The van der Waals surface area contributed by atoms with Gasteiger partial charge in [0.1, 0.15) is 11.8 Å². The summed E-state index contributed by atoms with van der Waals surface area (Å²) in [4.78, 5) is 26.7.